The molecule has 0 saturated heterocycles. The number of halogens is 2. The fourth-order valence-corrected chi connectivity index (χ4v) is 3.70. The summed E-state index contributed by atoms with van der Waals surface area (Å²) < 4.78 is 0. The second-order valence-electron chi connectivity index (χ2n) is 5.70. The van der Waals surface area contributed by atoms with Gasteiger partial charge < -0.3 is 5.32 Å². The highest BCUT2D eigenvalue weighted by atomic mass is 35.5. The monoisotopic (exact) mass is 283 g/mol. The molecule has 0 aromatic heterocycles. The Hall–Kier alpha value is -0.400. The molecule has 1 nitrogen and oxygen atoms in total. The van der Waals surface area contributed by atoms with Crippen molar-refractivity contribution in [1.29, 1.82) is 0 Å². The number of anilines is 1. The molecule has 3 rings (SSSR count). The van der Waals surface area contributed by atoms with Gasteiger partial charge in [0.15, 0.2) is 0 Å². The third-order valence-electron chi connectivity index (χ3n) is 4.31. The fourth-order valence-electron chi connectivity index (χ4n) is 3.19. The zero-order valence-electron chi connectivity index (χ0n) is 10.5. The molecule has 0 aliphatic heterocycles. The van der Waals surface area contributed by atoms with Gasteiger partial charge in [-0.05, 0) is 49.7 Å². The Bertz CT molecular complexity index is 408. The molecule has 2 fully saturated rings. The van der Waals surface area contributed by atoms with Crippen LogP contribution in [0.2, 0.25) is 10.0 Å². The summed E-state index contributed by atoms with van der Waals surface area (Å²) in [6.45, 7) is 0. The molecule has 1 N–H and O–H groups in total. The summed E-state index contributed by atoms with van der Waals surface area (Å²) in [6, 6.07) is 6.24. The summed E-state index contributed by atoms with van der Waals surface area (Å²) in [5, 5.41) is 5.03. The molecule has 0 amide bonds. The number of benzene rings is 1. The van der Waals surface area contributed by atoms with Crippen LogP contribution in [0.4, 0.5) is 5.69 Å². The van der Waals surface area contributed by atoms with E-state index in [-0.39, 0.29) is 0 Å². The maximum Gasteiger partial charge on any atom is 0.0721 e. The standard InChI is InChI=1S/C15H19Cl2N/c16-13-5-2-6-14(17)15(13)18-12-4-1-3-11(9-12)10-7-8-10/h2,5-6,10-12,18H,1,3-4,7-9H2. The van der Waals surface area contributed by atoms with Gasteiger partial charge in [0.05, 0.1) is 15.7 Å². The van der Waals surface area contributed by atoms with Crippen molar-refractivity contribution in [3.63, 3.8) is 0 Å². The highest BCUT2D eigenvalue weighted by molar-refractivity contribution is 6.39. The highest BCUT2D eigenvalue weighted by Crippen LogP contribution is 2.44. The van der Waals surface area contributed by atoms with E-state index >= 15 is 0 Å². The molecule has 2 aliphatic rings. The molecular formula is C15H19Cl2N. The van der Waals surface area contributed by atoms with Crippen molar-refractivity contribution in [2.24, 2.45) is 11.8 Å². The summed E-state index contributed by atoms with van der Waals surface area (Å²) in [6.07, 6.45) is 8.17. The largest absolute Gasteiger partial charge is 0.380 e. The first-order valence-corrected chi connectivity index (χ1v) is 7.70. The number of rotatable bonds is 3. The molecule has 0 heterocycles. The van der Waals surface area contributed by atoms with Crippen LogP contribution in [0.1, 0.15) is 38.5 Å². The van der Waals surface area contributed by atoms with Gasteiger partial charge in [-0.15, -0.1) is 0 Å². The number of nitrogens with one attached hydrogen (secondary N) is 1. The van der Waals surface area contributed by atoms with Gasteiger partial charge in [0.1, 0.15) is 0 Å². The summed E-state index contributed by atoms with van der Waals surface area (Å²) in [7, 11) is 0. The molecule has 3 heteroatoms. The van der Waals surface area contributed by atoms with Crippen LogP contribution in [0.25, 0.3) is 0 Å². The predicted molar refractivity (Wildman–Crippen MR) is 78.6 cm³/mol. The van der Waals surface area contributed by atoms with E-state index in [9.17, 15) is 0 Å². The SMILES string of the molecule is Clc1cccc(Cl)c1NC1CCCC(C2CC2)C1. The normalized spacial score (nSPS) is 28.1. The smallest absolute Gasteiger partial charge is 0.0721 e. The Balaban J connectivity index is 1.68. The van der Waals surface area contributed by atoms with E-state index in [2.05, 4.69) is 5.32 Å². The molecule has 0 radical (unpaired) electrons. The predicted octanol–water partition coefficient (Wildman–Crippen LogP) is 5.37. The molecule has 2 unspecified atom stereocenters. The minimum absolute atomic E-state index is 0.543. The van der Waals surface area contributed by atoms with Crippen molar-refractivity contribution in [2.75, 3.05) is 5.32 Å². The molecule has 2 aliphatic carbocycles. The quantitative estimate of drug-likeness (QED) is 0.786. The minimum atomic E-state index is 0.543. The zero-order chi connectivity index (χ0) is 12.5. The first kappa shape index (κ1) is 12.6. The third kappa shape index (κ3) is 2.78. The summed E-state index contributed by atoms with van der Waals surface area (Å²) in [4.78, 5) is 0. The van der Waals surface area contributed by atoms with Gasteiger partial charge in [0, 0.05) is 6.04 Å². The molecule has 98 valence electrons. The second-order valence-corrected chi connectivity index (χ2v) is 6.52. The van der Waals surface area contributed by atoms with Crippen molar-refractivity contribution < 1.29 is 0 Å². The molecule has 0 bridgehead atoms. The number of hydrogen-bond acceptors (Lipinski definition) is 1. The van der Waals surface area contributed by atoms with Gasteiger partial charge in [-0.25, -0.2) is 0 Å². The number of para-hydroxylation sites is 1. The van der Waals surface area contributed by atoms with Gasteiger partial charge in [-0.1, -0.05) is 42.1 Å². The van der Waals surface area contributed by atoms with Gasteiger partial charge in [-0.3, -0.25) is 0 Å². The fraction of sp³-hybridized carbons (Fsp3) is 0.600. The molecule has 1 aromatic carbocycles. The van der Waals surface area contributed by atoms with Crippen LogP contribution in [-0.2, 0) is 0 Å². The highest BCUT2D eigenvalue weighted by Gasteiger charge is 2.34. The summed E-state index contributed by atoms with van der Waals surface area (Å²) in [5.41, 5.74) is 0.919. The molecule has 18 heavy (non-hydrogen) atoms. The van der Waals surface area contributed by atoms with Gasteiger partial charge in [0.25, 0.3) is 0 Å². The van der Waals surface area contributed by atoms with E-state index in [0.717, 1.165) is 27.6 Å². The second kappa shape index (κ2) is 5.30. The summed E-state index contributed by atoms with van der Waals surface area (Å²) >= 11 is 12.4. The number of hydrogen-bond donors (Lipinski definition) is 1. The average molecular weight is 284 g/mol. The molecule has 2 saturated carbocycles. The Labute approximate surface area is 119 Å². The first-order valence-electron chi connectivity index (χ1n) is 6.94. The van der Waals surface area contributed by atoms with Crippen molar-refractivity contribution in [2.45, 2.75) is 44.6 Å². The lowest BCUT2D eigenvalue weighted by molar-refractivity contribution is 0.303. The van der Waals surface area contributed by atoms with Gasteiger partial charge in [-0.2, -0.15) is 0 Å². The van der Waals surface area contributed by atoms with Gasteiger partial charge >= 0.3 is 0 Å². The van der Waals surface area contributed by atoms with E-state index in [1.807, 2.05) is 18.2 Å². The lowest BCUT2D eigenvalue weighted by Crippen LogP contribution is -2.28. The van der Waals surface area contributed by atoms with Crippen LogP contribution in [0.5, 0.6) is 0 Å². The van der Waals surface area contributed by atoms with Crippen LogP contribution in [0.15, 0.2) is 18.2 Å². The Morgan fingerprint density at radius 2 is 1.67 bits per heavy atom. The topological polar surface area (TPSA) is 12.0 Å². The van der Waals surface area contributed by atoms with Crippen molar-refractivity contribution in [1.82, 2.24) is 0 Å². The van der Waals surface area contributed by atoms with Crippen molar-refractivity contribution in [3.8, 4) is 0 Å². The van der Waals surface area contributed by atoms with Crippen LogP contribution in [0.3, 0.4) is 0 Å². The van der Waals surface area contributed by atoms with E-state index in [1.54, 1.807) is 0 Å². The Kier molecular flexibility index (Phi) is 3.72. The van der Waals surface area contributed by atoms with E-state index in [1.165, 1.54) is 38.5 Å². The third-order valence-corrected chi connectivity index (χ3v) is 4.94. The van der Waals surface area contributed by atoms with Crippen molar-refractivity contribution >= 4 is 28.9 Å². The van der Waals surface area contributed by atoms with E-state index < -0.39 is 0 Å². The average Bonchev–Trinajstić information content (AvgIpc) is 3.19. The van der Waals surface area contributed by atoms with Crippen LogP contribution in [0, 0.1) is 11.8 Å². The zero-order valence-corrected chi connectivity index (χ0v) is 12.0. The first-order chi connectivity index (χ1) is 8.74. The van der Waals surface area contributed by atoms with E-state index in [0.29, 0.717) is 6.04 Å². The molecule has 1 aromatic rings. The molecule has 0 spiro atoms. The van der Waals surface area contributed by atoms with Crippen LogP contribution < -0.4 is 5.32 Å². The summed E-state index contributed by atoms with van der Waals surface area (Å²) in [5.74, 6) is 1.94. The van der Waals surface area contributed by atoms with Crippen LogP contribution in [-0.4, -0.2) is 6.04 Å². The Morgan fingerprint density at radius 3 is 2.33 bits per heavy atom. The maximum atomic E-state index is 6.21. The Morgan fingerprint density at radius 1 is 0.944 bits per heavy atom. The lowest BCUT2D eigenvalue weighted by Gasteiger charge is -2.31. The lowest BCUT2D eigenvalue weighted by atomic mass is 9.82. The van der Waals surface area contributed by atoms with Crippen LogP contribution >= 0.6 is 23.2 Å². The maximum absolute atomic E-state index is 6.21. The molecular weight excluding hydrogens is 265 g/mol. The van der Waals surface area contributed by atoms with E-state index in [4.69, 9.17) is 23.2 Å². The van der Waals surface area contributed by atoms with Gasteiger partial charge in [0.2, 0.25) is 0 Å². The molecule has 2 atom stereocenters. The van der Waals surface area contributed by atoms with Crippen molar-refractivity contribution in [3.05, 3.63) is 28.2 Å². The minimum Gasteiger partial charge on any atom is -0.380 e.